The lowest BCUT2D eigenvalue weighted by Gasteiger charge is -2.13. The van der Waals surface area contributed by atoms with Crippen molar-refractivity contribution in [2.24, 2.45) is 0 Å². The third-order valence-corrected chi connectivity index (χ3v) is 2.33. The van der Waals surface area contributed by atoms with Crippen molar-refractivity contribution < 1.29 is 27.9 Å². The molecule has 0 spiro atoms. The first-order valence-corrected chi connectivity index (χ1v) is 5.33. The van der Waals surface area contributed by atoms with Crippen molar-refractivity contribution in [3.8, 4) is 0 Å². The van der Waals surface area contributed by atoms with Gasteiger partial charge < -0.3 is 14.8 Å². The first kappa shape index (κ1) is 14.1. The third-order valence-electron chi connectivity index (χ3n) is 2.33. The summed E-state index contributed by atoms with van der Waals surface area (Å²) in [5.74, 6) is -1.84. The molecule has 1 unspecified atom stereocenters. The molecular weight excluding hydrogens is 248 g/mol. The number of rotatable bonds is 6. The van der Waals surface area contributed by atoms with Crippen LogP contribution in [-0.4, -0.2) is 29.5 Å². The van der Waals surface area contributed by atoms with Gasteiger partial charge in [0, 0.05) is 12.8 Å². The van der Waals surface area contributed by atoms with Gasteiger partial charge in [-0.25, -0.2) is 13.6 Å². The van der Waals surface area contributed by atoms with E-state index in [0.29, 0.717) is 12.2 Å². The summed E-state index contributed by atoms with van der Waals surface area (Å²) in [5, 5.41) is 10.8. The number of carbonyl (C=O) groups excluding carboxylic acids is 1. The fourth-order valence-electron chi connectivity index (χ4n) is 1.45. The van der Waals surface area contributed by atoms with E-state index in [9.17, 15) is 18.4 Å². The highest BCUT2D eigenvalue weighted by molar-refractivity contribution is 5.97. The lowest BCUT2D eigenvalue weighted by atomic mass is 10.1. The molecule has 1 rings (SSSR count). The molecule has 0 aliphatic rings. The van der Waals surface area contributed by atoms with E-state index in [2.05, 4.69) is 0 Å². The maximum atomic E-state index is 12.2. The van der Waals surface area contributed by atoms with Gasteiger partial charge in [0.1, 0.15) is 11.8 Å². The second-order valence-corrected chi connectivity index (χ2v) is 3.60. The van der Waals surface area contributed by atoms with E-state index < -0.39 is 30.8 Å². The molecule has 0 radical (unpaired) electrons. The molecule has 0 bridgehead atoms. The van der Waals surface area contributed by atoms with Crippen LogP contribution in [0.5, 0.6) is 0 Å². The fourth-order valence-corrected chi connectivity index (χ4v) is 1.45. The Bertz CT molecular complexity index is 430. The van der Waals surface area contributed by atoms with Gasteiger partial charge in [0.15, 0.2) is 0 Å². The zero-order valence-electron chi connectivity index (χ0n) is 9.65. The van der Waals surface area contributed by atoms with Crippen molar-refractivity contribution in [3.63, 3.8) is 0 Å². The normalized spacial score (nSPS) is 12.4. The summed E-state index contributed by atoms with van der Waals surface area (Å²) in [5.41, 5.74) is 0.165. The lowest BCUT2D eigenvalue weighted by molar-refractivity contribution is -0.140. The predicted octanol–water partition coefficient (Wildman–Crippen LogP) is 1.68. The van der Waals surface area contributed by atoms with Crippen molar-refractivity contribution >= 4 is 11.9 Å². The Balaban J connectivity index is 2.75. The van der Waals surface area contributed by atoms with E-state index in [-0.39, 0.29) is 5.56 Å². The predicted molar refractivity (Wildman–Crippen MR) is 57.6 cm³/mol. The number of aliphatic carboxylic acids is 1. The SMILES string of the molecule is CCc1occc1C(=O)NC(CC(F)F)C(=O)O. The minimum atomic E-state index is -2.80. The Morgan fingerprint density at radius 3 is 2.67 bits per heavy atom. The van der Waals surface area contributed by atoms with Gasteiger partial charge in [0.05, 0.1) is 11.8 Å². The molecule has 18 heavy (non-hydrogen) atoms. The van der Waals surface area contributed by atoms with E-state index in [4.69, 9.17) is 9.52 Å². The van der Waals surface area contributed by atoms with Gasteiger partial charge in [-0.1, -0.05) is 6.92 Å². The van der Waals surface area contributed by atoms with Gasteiger partial charge in [-0.05, 0) is 6.07 Å². The number of carboxylic acid groups (broad SMARTS) is 1. The van der Waals surface area contributed by atoms with Crippen LogP contribution >= 0.6 is 0 Å². The van der Waals surface area contributed by atoms with Crippen molar-refractivity contribution in [3.05, 3.63) is 23.7 Å². The maximum absolute atomic E-state index is 12.2. The molecule has 0 aliphatic heterocycles. The summed E-state index contributed by atoms with van der Waals surface area (Å²) in [7, 11) is 0. The Labute approximate surface area is 102 Å². The Hall–Kier alpha value is -1.92. The molecule has 1 aromatic heterocycles. The number of alkyl halides is 2. The van der Waals surface area contributed by atoms with Crippen LogP contribution in [0.4, 0.5) is 8.78 Å². The zero-order valence-corrected chi connectivity index (χ0v) is 9.65. The van der Waals surface area contributed by atoms with Gasteiger partial charge in [-0.3, -0.25) is 4.79 Å². The highest BCUT2D eigenvalue weighted by Crippen LogP contribution is 2.12. The third kappa shape index (κ3) is 3.54. The molecule has 0 fully saturated rings. The fraction of sp³-hybridized carbons (Fsp3) is 0.455. The molecule has 1 amide bonds. The number of carboxylic acids is 1. The van der Waals surface area contributed by atoms with E-state index in [1.54, 1.807) is 6.92 Å². The molecule has 1 heterocycles. The maximum Gasteiger partial charge on any atom is 0.326 e. The molecule has 0 aromatic carbocycles. The second kappa shape index (κ2) is 6.13. The second-order valence-electron chi connectivity index (χ2n) is 3.60. The summed E-state index contributed by atoms with van der Waals surface area (Å²) in [6.07, 6.45) is -2.00. The first-order valence-electron chi connectivity index (χ1n) is 5.33. The Morgan fingerprint density at radius 1 is 1.50 bits per heavy atom. The smallest absolute Gasteiger partial charge is 0.326 e. The molecular formula is C11H13F2NO4. The van der Waals surface area contributed by atoms with E-state index >= 15 is 0 Å². The largest absolute Gasteiger partial charge is 0.480 e. The standard InChI is InChI=1S/C11H13F2NO4/c1-2-8-6(3-4-18-8)10(15)14-7(11(16)17)5-9(12)13/h3-4,7,9H,2,5H2,1H3,(H,14,15)(H,16,17). The van der Waals surface area contributed by atoms with Crippen LogP contribution in [0.25, 0.3) is 0 Å². The number of nitrogens with one attached hydrogen (secondary N) is 1. The van der Waals surface area contributed by atoms with Crippen LogP contribution < -0.4 is 5.32 Å². The summed E-state index contributed by atoms with van der Waals surface area (Å²) in [6.45, 7) is 1.75. The first-order chi connectivity index (χ1) is 8.45. The molecule has 0 saturated carbocycles. The van der Waals surface area contributed by atoms with E-state index in [1.165, 1.54) is 12.3 Å². The van der Waals surface area contributed by atoms with Crippen LogP contribution in [0.2, 0.25) is 0 Å². The van der Waals surface area contributed by atoms with Crippen molar-refractivity contribution in [2.75, 3.05) is 0 Å². The highest BCUT2D eigenvalue weighted by atomic mass is 19.3. The van der Waals surface area contributed by atoms with Crippen LogP contribution in [-0.2, 0) is 11.2 Å². The summed E-state index contributed by atoms with van der Waals surface area (Å²) in [6, 6.07) is -0.243. The summed E-state index contributed by atoms with van der Waals surface area (Å²) >= 11 is 0. The minimum absolute atomic E-state index is 0.165. The molecule has 0 saturated heterocycles. The van der Waals surface area contributed by atoms with Crippen LogP contribution in [0.15, 0.2) is 16.7 Å². The van der Waals surface area contributed by atoms with Crippen molar-refractivity contribution in [2.45, 2.75) is 32.2 Å². The topological polar surface area (TPSA) is 79.5 Å². The monoisotopic (exact) mass is 261 g/mol. The van der Waals surface area contributed by atoms with Crippen molar-refractivity contribution in [1.29, 1.82) is 0 Å². The number of hydrogen-bond acceptors (Lipinski definition) is 3. The van der Waals surface area contributed by atoms with Crippen LogP contribution in [0.3, 0.4) is 0 Å². The lowest BCUT2D eigenvalue weighted by Crippen LogP contribution is -2.42. The number of halogens is 2. The number of amides is 1. The summed E-state index contributed by atoms with van der Waals surface area (Å²) in [4.78, 5) is 22.4. The molecule has 1 atom stereocenters. The molecule has 2 N–H and O–H groups in total. The quantitative estimate of drug-likeness (QED) is 0.816. The highest BCUT2D eigenvalue weighted by Gasteiger charge is 2.25. The summed E-state index contributed by atoms with van der Waals surface area (Å²) < 4.78 is 29.3. The minimum Gasteiger partial charge on any atom is -0.480 e. The number of furan rings is 1. The average Bonchev–Trinajstić information content (AvgIpc) is 2.75. The van der Waals surface area contributed by atoms with Crippen LogP contribution in [0.1, 0.15) is 29.5 Å². The van der Waals surface area contributed by atoms with Gasteiger partial charge in [0.2, 0.25) is 6.43 Å². The van der Waals surface area contributed by atoms with Crippen molar-refractivity contribution in [1.82, 2.24) is 5.32 Å². The Kier molecular flexibility index (Phi) is 4.82. The molecule has 7 heteroatoms. The number of aryl methyl sites for hydroxylation is 1. The molecule has 0 aliphatic carbocycles. The van der Waals surface area contributed by atoms with Gasteiger partial charge >= 0.3 is 5.97 Å². The average molecular weight is 261 g/mol. The molecule has 1 aromatic rings. The van der Waals surface area contributed by atoms with Gasteiger partial charge in [0.25, 0.3) is 5.91 Å². The van der Waals surface area contributed by atoms with Gasteiger partial charge in [-0.2, -0.15) is 0 Å². The van der Waals surface area contributed by atoms with Crippen LogP contribution in [0, 0.1) is 0 Å². The zero-order chi connectivity index (χ0) is 13.7. The Morgan fingerprint density at radius 2 is 2.17 bits per heavy atom. The number of carbonyl (C=O) groups is 2. The number of hydrogen-bond donors (Lipinski definition) is 2. The molecule has 100 valence electrons. The van der Waals surface area contributed by atoms with Gasteiger partial charge in [-0.15, -0.1) is 0 Å². The van der Waals surface area contributed by atoms with E-state index in [1.807, 2.05) is 5.32 Å². The van der Waals surface area contributed by atoms with E-state index in [0.717, 1.165) is 0 Å². The molecule has 5 nitrogen and oxygen atoms in total.